The maximum atomic E-state index is 12.9. The van der Waals surface area contributed by atoms with Gasteiger partial charge in [0.05, 0.1) is 17.1 Å². The van der Waals surface area contributed by atoms with Crippen LogP contribution in [-0.2, 0) is 41.3 Å². The highest BCUT2D eigenvalue weighted by Crippen LogP contribution is 2.38. The molecule has 0 unspecified atom stereocenters. The zero-order valence-corrected chi connectivity index (χ0v) is 18.4. The lowest BCUT2D eigenvalue weighted by atomic mass is 9.98. The van der Waals surface area contributed by atoms with Crippen LogP contribution in [0.1, 0.15) is 54.5 Å². The zero-order chi connectivity index (χ0) is 22.4. The number of benzene rings is 2. The molecule has 2 aliphatic carbocycles. The average Bonchev–Trinajstić information content (AvgIpc) is 3.35. The number of sulfonamides is 1. The first-order chi connectivity index (χ1) is 14.6. The first kappa shape index (κ1) is 21.3. The average molecular weight is 440 g/mol. The molecule has 0 aromatic heterocycles. The molecule has 8 heteroatoms. The Hall–Kier alpha value is -2.89. The van der Waals surface area contributed by atoms with Crippen LogP contribution in [0.4, 0.5) is 16.2 Å². The van der Waals surface area contributed by atoms with Crippen molar-refractivity contribution < 1.29 is 18.3 Å². The summed E-state index contributed by atoms with van der Waals surface area (Å²) in [5, 5.41) is 13.1. The Morgan fingerprint density at radius 1 is 1.03 bits per heavy atom. The van der Waals surface area contributed by atoms with Gasteiger partial charge in [0, 0.05) is 5.69 Å². The molecule has 0 saturated carbocycles. The SMILES string of the molecule is [C-]#[N+]c1cc(C(C)(C)O)cc(S(=O)(=O)NC(=O)Nc2c3c(cc4c2CCC4)CCC3)c1. The molecule has 0 atom stereocenters. The molecule has 0 saturated heterocycles. The van der Waals surface area contributed by atoms with Crippen LogP contribution in [0.5, 0.6) is 0 Å². The molecule has 162 valence electrons. The molecule has 0 heterocycles. The van der Waals surface area contributed by atoms with Crippen molar-refractivity contribution in [2.75, 3.05) is 5.32 Å². The van der Waals surface area contributed by atoms with Crippen molar-refractivity contribution >= 4 is 27.4 Å². The standard InChI is InChI=1S/C23H25N3O4S/c1-23(2,28)16-11-17(24-3)13-18(12-16)31(29,30)26-22(27)25-21-19-8-4-6-14(19)10-15-7-5-9-20(15)21/h10-13,28H,4-9H2,1-2H3,(H2,25,26,27). The minimum absolute atomic E-state index is 0.0686. The van der Waals surface area contributed by atoms with E-state index in [1.807, 2.05) is 0 Å². The number of hydrogen-bond acceptors (Lipinski definition) is 4. The van der Waals surface area contributed by atoms with E-state index in [4.69, 9.17) is 6.57 Å². The van der Waals surface area contributed by atoms with Crippen molar-refractivity contribution in [3.05, 3.63) is 63.5 Å². The summed E-state index contributed by atoms with van der Waals surface area (Å²) in [6, 6.07) is 5.31. The molecule has 0 bridgehead atoms. The molecule has 2 aliphatic rings. The molecule has 0 aliphatic heterocycles. The fraction of sp³-hybridized carbons (Fsp3) is 0.391. The number of amides is 2. The van der Waals surface area contributed by atoms with E-state index < -0.39 is 21.7 Å². The van der Waals surface area contributed by atoms with Gasteiger partial charge >= 0.3 is 6.03 Å². The number of nitrogens with one attached hydrogen (secondary N) is 2. The number of rotatable bonds is 4. The van der Waals surface area contributed by atoms with E-state index in [1.54, 1.807) is 0 Å². The van der Waals surface area contributed by atoms with E-state index in [1.165, 1.54) is 43.2 Å². The summed E-state index contributed by atoms with van der Waals surface area (Å²) in [6.07, 6.45) is 5.73. The highest BCUT2D eigenvalue weighted by Gasteiger charge is 2.27. The van der Waals surface area contributed by atoms with E-state index >= 15 is 0 Å². The van der Waals surface area contributed by atoms with Gasteiger partial charge in [-0.3, -0.25) is 0 Å². The summed E-state index contributed by atoms with van der Waals surface area (Å²) in [4.78, 5) is 15.8. The maximum Gasteiger partial charge on any atom is 0.333 e. The smallest absolute Gasteiger partial charge is 0.333 e. The zero-order valence-electron chi connectivity index (χ0n) is 17.6. The Labute approximate surface area is 182 Å². The second-order valence-electron chi connectivity index (χ2n) is 8.68. The van der Waals surface area contributed by atoms with Gasteiger partial charge in [0.2, 0.25) is 0 Å². The van der Waals surface area contributed by atoms with Crippen LogP contribution >= 0.6 is 0 Å². The number of fused-ring (bicyclic) bond motifs is 2. The molecule has 31 heavy (non-hydrogen) atoms. The van der Waals surface area contributed by atoms with Crippen LogP contribution in [-0.4, -0.2) is 19.6 Å². The van der Waals surface area contributed by atoms with Crippen molar-refractivity contribution in [2.24, 2.45) is 0 Å². The number of carbonyl (C=O) groups excluding carboxylic acids is 1. The van der Waals surface area contributed by atoms with Crippen molar-refractivity contribution in [3.8, 4) is 0 Å². The van der Waals surface area contributed by atoms with Gasteiger partial charge in [0.1, 0.15) is 0 Å². The molecule has 3 N–H and O–H groups in total. The Morgan fingerprint density at radius 2 is 1.65 bits per heavy atom. The van der Waals surface area contributed by atoms with Crippen LogP contribution in [0.25, 0.3) is 4.85 Å². The quantitative estimate of drug-likeness (QED) is 0.628. The van der Waals surface area contributed by atoms with E-state index in [9.17, 15) is 18.3 Å². The van der Waals surface area contributed by atoms with E-state index in [-0.39, 0.29) is 16.1 Å². The minimum atomic E-state index is -4.24. The predicted octanol–water partition coefficient (Wildman–Crippen LogP) is 3.95. The number of hydrogen-bond donors (Lipinski definition) is 3. The monoisotopic (exact) mass is 439 g/mol. The van der Waals surface area contributed by atoms with Gasteiger partial charge < -0.3 is 10.4 Å². The fourth-order valence-electron chi connectivity index (χ4n) is 4.44. The molecule has 0 radical (unpaired) electrons. The Bertz CT molecular complexity index is 1190. The highest BCUT2D eigenvalue weighted by atomic mass is 32.2. The van der Waals surface area contributed by atoms with E-state index in [0.29, 0.717) is 0 Å². The largest absolute Gasteiger partial charge is 0.386 e. The first-order valence-corrected chi connectivity index (χ1v) is 11.8. The van der Waals surface area contributed by atoms with Crippen molar-refractivity contribution in [1.82, 2.24) is 4.72 Å². The first-order valence-electron chi connectivity index (χ1n) is 10.3. The second kappa shape index (κ2) is 7.66. The van der Waals surface area contributed by atoms with Gasteiger partial charge in [-0.25, -0.2) is 22.8 Å². The topological polar surface area (TPSA) is 99.9 Å². The van der Waals surface area contributed by atoms with Gasteiger partial charge in [0.15, 0.2) is 5.69 Å². The molecule has 2 aromatic carbocycles. The number of nitrogens with zero attached hydrogens (tertiary/aromatic N) is 1. The Morgan fingerprint density at radius 3 is 2.19 bits per heavy atom. The summed E-state index contributed by atoms with van der Waals surface area (Å²) in [5.41, 5.74) is 4.44. The third kappa shape index (κ3) is 4.16. The minimum Gasteiger partial charge on any atom is -0.386 e. The summed E-state index contributed by atoms with van der Waals surface area (Å²) in [6.45, 7) is 10.2. The fourth-order valence-corrected chi connectivity index (χ4v) is 5.41. The van der Waals surface area contributed by atoms with Crippen LogP contribution in [0.15, 0.2) is 29.2 Å². The molecule has 7 nitrogen and oxygen atoms in total. The molecular formula is C23H25N3O4S. The van der Waals surface area contributed by atoms with Gasteiger partial charge in [-0.05, 0) is 92.3 Å². The molecule has 0 spiro atoms. The number of carbonyl (C=O) groups is 1. The Balaban J connectivity index is 1.63. The predicted molar refractivity (Wildman–Crippen MR) is 118 cm³/mol. The normalized spacial score (nSPS) is 15.2. The second-order valence-corrected chi connectivity index (χ2v) is 10.4. The van der Waals surface area contributed by atoms with Crippen LogP contribution in [0, 0.1) is 6.57 Å². The molecule has 2 amide bonds. The summed E-state index contributed by atoms with van der Waals surface area (Å²) < 4.78 is 27.9. The lowest BCUT2D eigenvalue weighted by Gasteiger charge is -2.20. The van der Waals surface area contributed by atoms with Gasteiger partial charge in [0.25, 0.3) is 10.0 Å². The lowest BCUT2D eigenvalue weighted by Crippen LogP contribution is -2.35. The number of aryl methyl sites for hydroxylation is 2. The molecule has 2 aromatic rings. The molecule has 0 fully saturated rings. The summed E-state index contributed by atoms with van der Waals surface area (Å²) >= 11 is 0. The highest BCUT2D eigenvalue weighted by molar-refractivity contribution is 7.90. The third-order valence-corrected chi connectivity index (χ3v) is 7.29. The van der Waals surface area contributed by atoms with Crippen molar-refractivity contribution in [3.63, 3.8) is 0 Å². The van der Waals surface area contributed by atoms with Gasteiger partial charge in [-0.2, -0.15) is 0 Å². The van der Waals surface area contributed by atoms with Gasteiger partial charge in [-0.15, -0.1) is 0 Å². The summed E-state index contributed by atoms with van der Waals surface area (Å²) in [5.74, 6) is 0. The van der Waals surface area contributed by atoms with Crippen molar-refractivity contribution in [1.29, 1.82) is 0 Å². The third-order valence-electron chi connectivity index (χ3n) is 5.98. The molecule has 4 rings (SSSR count). The maximum absolute atomic E-state index is 12.9. The Kier molecular flexibility index (Phi) is 5.28. The number of anilines is 1. The van der Waals surface area contributed by atoms with Crippen LogP contribution in [0.2, 0.25) is 0 Å². The van der Waals surface area contributed by atoms with Crippen LogP contribution in [0.3, 0.4) is 0 Å². The lowest BCUT2D eigenvalue weighted by molar-refractivity contribution is 0.0784. The number of urea groups is 1. The van der Waals surface area contributed by atoms with Crippen LogP contribution < -0.4 is 10.0 Å². The number of aliphatic hydroxyl groups is 1. The van der Waals surface area contributed by atoms with Crippen molar-refractivity contribution in [2.45, 2.75) is 62.9 Å². The van der Waals surface area contributed by atoms with E-state index in [0.717, 1.165) is 55.3 Å². The molecular weight excluding hydrogens is 414 g/mol. The summed E-state index contributed by atoms with van der Waals surface area (Å²) in [7, 11) is -4.24. The van der Waals surface area contributed by atoms with Gasteiger partial charge in [-0.1, -0.05) is 12.1 Å². The van der Waals surface area contributed by atoms with E-state index in [2.05, 4.69) is 21.0 Å².